The van der Waals surface area contributed by atoms with Crippen LogP contribution >= 0.6 is 0 Å². The highest BCUT2D eigenvalue weighted by atomic mass is 16.3. The van der Waals surface area contributed by atoms with Gasteiger partial charge in [-0.05, 0) is 40.5 Å². The number of nitrogens with one attached hydrogen (secondary N) is 1. The number of hydrogen-bond acceptors (Lipinski definition) is 3. The number of hydrogen-bond donors (Lipinski definition) is 3. The Morgan fingerprint density at radius 1 is 1.27 bits per heavy atom. The predicted octanol–water partition coefficient (Wildman–Crippen LogP) is 0.781. The minimum Gasteiger partial charge on any atom is -0.396 e. The first-order chi connectivity index (χ1) is 6.66. The lowest BCUT2D eigenvalue weighted by molar-refractivity contribution is -0.123. The summed E-state index contributed by atoms with van der Waals surface area (Å²) < 4.78 is 0. The van der Waals surface area contributed by atoms with E-state index in [9.17, 15) is 4.79 Å². The quantitative estimate of drug-likeness (QED) is 0.614. The van der Waals surface area contributed by atoms with E-state index in [1.807, 2.05) is 27.7 Å². The van der Waals surface area contributed by atoms with Crippen molar-refractivity contribution in [3.63, 3.8) is 0 Å². The molecule has 0 unspecified atom stereocenters. The maximum absolute atomic E-state index is 11.5. The van der Waals surface area contributed by atoms with Crippen molar-refractivity contribution in [1.29, 1.82) is 0 Å². The molecule has 4 nitrogen and oxygen atoms in total. The Morgan fingerprint density at radius 3 is 2.20 bits per heavy atom. The van der Waals surface area contributed by atoms with E-state index in [-0.39, 0.29) is 23.6 Å². The van der Waals surface area contributed by atoms with E-state index in [1.54, 1.807) is 0 Å². The Labute approximate surface area is 92.2 Å². The topological polar surface area (TPSA) is 75.4 Å². The van der Waals surface area contributed by atoms with Gasteiger partial charge in [-0.3, -0.25) is 4.79 Å². The Hall–Kier alpha value is -0.610. The molecule has 0 aromatic rings. The molecule has 0 atom stereocenters. The predicted molar refractivity (Wildman–Crippen MR) is 61.4 cm³/mol. The third-order valence-corrected chi connectivity index (χ3v) is 2.21. The molecule has 0 saturated carbocycles. The van der Waals surface area contributed by atoms with E-state index in [4.69, 9.17) is 10.8 Å². The second-order valence-corrected chi connectivity index (χ2v) is 5.39. The van der Waals surface area contributed by atoms with Gasteiger partial charge in [-0.2, -0.15) is 0 Å². The van der Waals surface area contributed by atoms with Crippen LogP contribution in [0.2, 0.25) is 0 Å². The average Bonchev–Trinajstić information content (AvgIpc) is 1.98. The van der Waals surface area contributed by atoms with Crippen molar-refractivity contribution in [2.75, 3.05) is 6.61 Å². The SMILES string of the molecule is CC(C)(N)CCC(=O)NC(C)(C)CCO. The van der Waals surface area contributed by atoms with E-state index in [0.29, 0.717) is 19.3 Å². The first-order valence-electron chi connectivity index (χ1n) is 5.37. The largest absolute Gasteiger partial charge is 0.396 e. The van der Waals surface area contributed by atoms with E-state index in [0.717, 1.165) is 0 Å². The van der Waals surface area contributed by atoms with E-state index in [2.05, 4.69) is 5.32 Å². The summed E-state index contributed by atoms with van der Waals surface area (Å²) in [5.74, 6) is -0.00743. The van der Waals surface area contributed by atoms with E-state index in [1.165, 1.54) is 0 Å². The molecule has 4 heteroatoms. The van der Waals surface area contributed by atoms with Crippen LogP contribution in [0.4, 0.5) is 0 Å². The summed E-state index contributed by atoms with van der Waals surface area (Å²) in [4.78, 5) is 11.5. The van der Waals surface area contributed by atoms with Gasteiger partial charge >= 0.3 is 0 Å². The molecule has 0 aliphatic carbocycles. The molecule has 0 radical (unpaired) electrons. The molecule has 0 aromatic carbocycles. The molecule has 90 valence electrons. The summed E-state index contributed by atoms with van der Waals surface area (Å²) in [7, 11) is 0. The molecule has 0 saturated heterocycles. The molecule has 0 spiro atoms. The third kappa shape index (κ3) is 8.39. The molecule has 15 heavy (non-hydrogen) atoms. The molecule has 0 aliphatic heterocycles. The molecule has 0 rings (SSSR count). The summed E-state index contributed by atoms with van der Waals surface area (Å²) in [5, 5.41) is 11.7. The Kier molecular flexibility index (Phi) is 5.24. The summed E-state index contributed by atoms with van der Waals surface area (Å²) in [6.07, 6.45) is 1.65. The number of carbonyl (C=O) groups is 1. The second kappa shape index (κ2) is 5.47. The van der Waals surface area contributed by atoms with Crippen LogP contribution in [-0.4, -0.2) is 28.7 Å². The van der Waals surface area contributed by atoms with Crippen molar-refractivity contribution in [2.24, 2.45) is 5.73 Å². The third-order valence-electron chi connectivity index (χ3n) is 2.21. The van der Waals surface area contributed by atoms with Crippen molar-refractivity contribution in [3.8, 4) is 0 Å². The van der Waals surface area contributed by atoms with Crippen LogP contribution in [0.15, 0.2) is 0 Å². The fraction of sp³-hybridized carbons (Fsp3) is 0.909. The standard InChI is InChI=1S/C11H24N2O2/c1-10(2,12)6-5-9(15)13-11(3,4)7-8-14/h14H,5-8,12H2,1-4H3,(H,13,15). The first kappa shape index (κ1) is 14.4. The van der Waals surface area contributed by atoms with E-state index >= 15 is 0 Å². The molecule has 0 heterocycles. The first-order valence-corrected chi connectivity index (χ1v) is 5.37. The van der Waals surface area contributed by atoms with Gasteiger partial charge in [0, 0.05) is 24.1 Å². The summed E-state index contributed by atoms with van der Waals surface area (Å²) >= 11 is 0. The highest BCUT2D eigenvalue weighted by Gasteiger charge is 2.20. The van der Waals surface area contributed by atoms with Gasteiger partial charge in [-0.1, -0.05) is 0 Å². The lowest BCUT2D eigenvalue weighted by atomic mass is 9.97. The Morgan fingerprint density at radius 2 is 1.80 bits per heavy atom. The number of nitrogens with two attached hydrogens (primary N) is 1. The monoisotopic (exact) mass is 216 g/mol. The number of aliphatic hydroxyl groups is 1. The number of amides is 1. The maximum atomic E-state index is 11.5. The summed E-state index contributed by atoms with van der Waals surface area (Å²) in [6.45, 7) is 7.68. The molecule has 0 aromatic heterocycles. The van der Waals surface area contributed by atoms with Crippen LogP contribution in [0.25, 0.3) is 0 Å². The van der Waals surface area contributed by atoms with Gasteiger partial charge < -0.3 is 16.2 Å². The molecule has 0 aliphatic rings. The fourth-order valence-corrected chi connectivity index (χ4v) is 1.22. The molecule has 0 bridgehead atoms. The number of aliphatic hydroxyl groups excluding tert-OH is 1. The molecule has 1 amide bonds. The van der Waals surface area contributed by atoms with Gasteiger partial charge in [-0.25, -0.2) is 0 Å². The molecule has 4 N–H and O–H groups in total. The van der Waals surface area contributed by atoms with Gasteiger partial charge in [0.05, 0.1) is 0 Å². The van der Waals surface area contributed by atoms with Crippen LogP contribution in [0.5, 0.6) is 0 Å². The van der Waals surface area contributed by atoms with Crippen molar-refractivity contribution in [2.45, 2.75) is 58.0 Å². The van der Waals surface area contributed by atoms with E-state index < -0.39 is 0 Å². The van der Waals surface area contributed by atoms with Gasteiger partial charge in [0.2, 0.25) is 5.91 Å². The normalized spacial score (nSPS) is 12.7. The number of carbonyl (C=O) groups excluding carboxylic acids is 1. The van der Waals surface area contributed by atoms with Crippen LogP contribution in [-0.2, 0) is 4.79 Å². The van der Waals surface area contributed by atoms with Crippen molar-refractivity contribution >= 4 is 5.91 Å². The maximum Gasteiger partial charge on any atom is 0.220 e. The van der Waals surface area contributed by atoms with Gasteiger partial charge in [-0.15, -0.1) is 0 Å². The fourth-order valence-electron chi connectivity index (χ4n) is 1.22. The van der Waals surface area contributed by atoms with Crippen molar-refractivity contribution < 1.29 is 9.90 Å². The smallest absolute Gasteiger partial charge is 0.220 e. The summed E-state index contributed by atoms with van der Waals surface area (Å²) in [5.41, 5.74) is 5.14. The zero-order chi connectivity index (χ0) is 12.1. The Balaban J connectivity index is 3.93. The molecule has 0 fully saturated rings. The number of rotatable bonds is 6. The van der Waals surface area contributed by atoms with Crippen LogP contribution in [0, 0.1) is 0 Å². The van der Waals surface area contributed by atoms with Crippen LogP contribution in [0.3, 0.4) is 0 Å². The lowest BCUT2D eigenvalue weighted by Gasteiger charge is -2.26. The summed E-state index contributed by atoms with van der Waals surface area (Å²) in [6, 6.07) is 0. The minimum absolute atomic E-state index is 0.00743. The van der Waals surface area contributed by atoms with Gasteiger partial charge in [0.1, 0.15) is 0 Å². The highest BCUT2D eigenvalue weighted by Crippen LogP contribution is 2.10. The van der Waals surface area contributed by atoms with Gasteiger partial charge in [0.25, 0.3) is 0 Å². The highest BCUT2D eigenvalue weighted by molar-refractivity contribution is 5.76. The average molecular weight is 216 g/mol. The Bertz CT molecular complexity index is 207. The second-order valence-electron chi connectivity index (χ2n) is 5.39. The van der Waals surface area contributed by atoms with Crippen LogP contribution < -0.4 is 11.1 Å². The zero-order valence-corrected chi connectivity index (χ0v) is 10.3. The van der Waals surface area contributed by atoms with Crippen molar-refractivity contribution in [3.05, 3.63) is 0 Å². The lowest BCUT2D eigenvalue weighted by Crippen LogP contribution is -2.45. The van der Waals surface area contributed by atoms with Crippen LogP contribution in [0.1, 0.15) is 47.0 Å². The molecular weight excluding hydrogens is 192 g/mol. The minimum atomic E-state index is -0.343. The molecular formula is C11H24N2O2. The zero-order valence-electron chi connectivity index (χ0n) is 10.3. The van der Waals surface area contributed by atoms with Crippen molar-refractivity contribution in [1.82, 2.24) is 5.32 Å². The van der Waals surface area contributed by atoms with Gasteiger partial charge in [0.15, 0.2) is 0 Å².